The fourth-order valence-corrected chi connectivity index (χ4v) is 1.61. The molecular formula is C12H18O. The van der Waals surface area contributed by atoms with Gasteiger partial charge in [0.25, 0.3) is 0 Å². The highest BCUT2D eigenvalue weighted by Crippen LogP contribution is 2.37. The Kier molecular flexibility index (Phi) is 2.97. The van der Waals surface area contributed by atoms with Crippen molar-refractivity contribution < 1.29 is 4.74 Å². The molecule has 1 aliphatic carbocycles. The normalized spacial score (nSPS) is 21.2. The third kappa shape index (κ3) is 2.24. The highest BCUT2D eigenvalue weighted by atomic mass is 16.5. The van der Waals surface area contributed by atoms with Crippen LogP contribution in [0.15, 0.2) is 35.6 Å². The van der Waals surface area contributed by atoms with Crippen molar-refractivity contribution in [3.63, 3.8) is 0 Å². The van der Waals surface area contributed by atoms with E-state index in [-0.39, 0.29) is 5.41 Å². The summed E-state index contributed by atoms with van der Waals surface area (Å²) in [7, 11) is 1.73. The Bertz CT molecular complexity index is 267. The lowest BCUT2D eigenvalue weighted by atomic mass is 9.77. The van der Waals surface area contributed by atoms with Crippen LogP contribution in [-0.2, 0) is 4.74 Å². The van der Waals surface area contributed by atoms with E-state index in [4.69, 9.17) is 4.74 Å². The summed E-state index contributed by atoms with van der Waals surface area (Å²) in [6, 6.07) is 0. The molecule has 0 saturated heterocycles. The second-order valence-corrected chi connectivity index (χ2v) is 4.02. The fourth-order valence-electron chi connectivity index (χ4n) is 1.61. The Morgan fingerprint density at radius 3 is 2.54 bits per heavy atom. The van der Waals surface area contributed by atoms with Crippen LogP contribution in [0.5, 0.6) is 0 Å². The molecule has 0 aromatic heterocycles. The van der Waals surface area contributed by atoms with Crippen molar-refractivity contribution in [3.05, 3.63) is 35.6 Å². The molecule has 0 saturated carbocycles. The molecule has 13 heavy (non-hydrogen) atoms. The molecule has 1 heteroatoms. The van der Waals surface area contributed by atoms with E-state index in [1.807, 2.05) is 6.92 Å². The van der Waals surface area contributed by atoms with Gasteiger partial charge in [-0.2, -0.15) is 0 Å². The first-order valence-corrected chi connectivity index (χ1v) is 4.68. The van der Waals surface area contributed by atoms with E-state index in [1.54, 1.807) is 7.11 Å². The van der Waals surface area contributed by atoms with Gasteiger partial charge in [-0.1, -0.05) is 32.1 Å². The van der Waals surface area contributed by atoms with Crippen LogP contribution in [0.25, 0.3) is 0 Å². The van der Waals surface area contributed by atoms with E-state index >= 15 is 0 Å². The zero-order valence-corrected chi connectivity index (χ0v) is 8.92. The van der Waals surface area contributed by atoms with Crippen molar-refractivity contribution in [2.75, 3.05) is 7.11 Å². The Balaban J connectivity index is 2.93. The van der Waals surface area contributed by atoms with Crippen molar-refractivity contribution in [2.45, 2.75) is 27.2 Å². The highest BCUT2D eigenvalue weighted by molar-refractivity contribution is 5.34. The summed E-state index contributed by atoms with van der Waals surface area (Å²) < 4.78 is 5.25. The monoisotopic (exact) mass is 178 g/mol. The predicted molar refractivity (Wildman–Crippen MR) is 56.4 cm³/mol. The standard InChI is InChI=1S/C12H18O/c1-5-6-10-7-8-11(13-4)9-12(10,2)3/h5-8H,9H2,1-4H3. The van der Waals surface area contributed by atoms with Gasteiger partial charge in [-0.25, -0.2) is 0 Å². The van der Waals surface area contributed by atoms with Crippen molar-refractivity contribution in [1.82, 2.24) is 0 Å². The Morgan fingerprint density at radius 1 is 1.38 bits per heavy atom. The van der Waals surface area contributed by atoms with E-state index in [0.29, 0.717) is 0 Å². The molecule has 0 aliphatic heterocycles. The van der Waals surface area contributed by atoms with E-state index in [1.165, 1.54) is 5.57 Å². The van der Waals surface area contributed by atoms with Gasteiger partial charge in [-0.15, -0.1) is 0 Å². The van der Waals surface area contributed by atoms with Gasteiger partial charge in [0.15, 0.2) is 0 Å². The molecule has 72 valence electrons. The van der Waals surface area contributed by atoms with Gasteiger partial charge in [-0.3, -0.25) is 0 Å². The summed E-state index contributed by atoms with van der Waals surface area (Å²) >= 11 is 0. The van der Waals surface area contributed by atoms with Gasteiger partial charge in [0.1, 0.15) is 0 Å². The van der Waals surface area contributed by atoms with Gasteiger partial charge in [-0.05, 0) is 24.0 Å². The summed E-state index contributed by atoms with van der Waals surface area (Å²) in [5.74, 6) is 1.07. The summed E-state index contributed by atoms with van der Waals surface area (Å²) in [5, 5.41) is 0. The second-order valence-electron chi connectivity index (χ2n) is 4.02. The van der Waals surface area contributed by atoms with Gasteiger partial charge in [0.05, 0.1) is 12.9 Å². The van der Waals surface area contributed by atoms with Crippen molar-refractivity contribution >= 4 is 0 Å². The molecule has 0 N–H and O–H groups in total. The van der Waals surface area contributed by atoms with Gasteiger partial charge in [0.2, 0.25) is 0 Å². The minimum Gasteiger partial charge on any atom is -0.501 e. The third-order valence-corrected chi connectivity index (χ3v) is 2.45. The lowest BCUT2D eigenvalue weighted by Crippen LogP contribution is -2.17. The highest BCUT2D eigenvalue weighted by Gasteiger charge is 2.25. The summed E-state index contributed by atoms with van der Waals surface area (Å²) in [6.07, 6.45) is 9.44. The maximum absolute atomic E-state index is 5.25. The molecule has 0 aromatic carbocycles. The van der Waals surface area contributed by atoms with Crippen LogP contribution in [0.2, 0.25) is 0 Å². The van der Waals surface area contributed by atoms with Crippen molar-refractivity contribution in [1.29, 1.82) is 0 Å². The molecule has 1 rings (SSSR count). The molecule has 0 fully saturated rings. The van der Waals surface area contributed by atoms with Gasteiger partial charge in [0, 0.05) is 6.42 Å². The van der Waals surface area contributed by atoms with E-state index in [0.717, 1.165) is 12.2 Å². The minimum atomic E-state index is 0.201. The van der Waals surface area contributed by atoms with Crippen LogP contribution in [0, 0.1) is 5.41 Å². The summed E-state index contributed by atoms with van der Waals surface area (Å²) in [5.41, 5.74) is 1.57. The van der Waals surface area contributed by atoms with Crippen LogP contribution in [0.1, 0.15) is 27.2 Å². The number of allylic oxidation sites excluding steroid dienone is 6. The van der Waals surface area contributed by atoms with Crippen LogP contribution in [0.3, 0.4) is 0 Å². The molecule has 0 amide bonds. The molecule has 0 aromatic rings. The quantitative estimate of drug-likeness (QED) is 0.629. The predicted octanol–water partition coefficient (Wildman–Crippen LogP) is 3.45. The molecule has 0 atom stereocenters. The molecule has 1 nitrogen and oxygen atoms in total. The number of ether oxygens (including phenoxy) is 1. The van der Waals surface area contributed by atoms with Crippen LogP contribution >= 0.6 is 0 Å². The lowest BCUT2D eigenvalue weighted by Gasteiger charge is -2.29. The zero-order chi connectivity index (χ0) is 9.90. The summed E-state index contributed by atoms with van der Waals surface area (Å²) in [4.78, 5) is 0. The average Bonchev–Trinajstić information content (AvgIpc) is 2.08. The lowest BCUT2D eigenvalue weighted by molar-refractivity contribution is 0.242. The smallest absolute Gasteiger partial charge is 0.0964 e. The Labute approximate surface area is 80.8 Å². The van der Waals surface area contributed by atoms with E-state index in [9.17, 15) is 0 Å². The van der Waals surface area contributed by atoms with Crippen LogP contribution in [-0.4, -0.2) is 7.11 Å². The molecule has 0 bridgehead atoms. The van der Waals surface area contributed by atoms with Gasteiger partial charge >= 0.3 is 0 Å². The SMILES string of the molecule is CC=CC1=CC=C(OC)CC1(C)C. The molecule has 0 heterocycles. The van der Waals surface area contributed by atoms with Crippen LogP contribution < -0.4 is 0 Å². The van der Waals surface area contributed by atoms with Crippen molar-refractivity contribution in [3.8, 4) is 0 Å². The van der Waals surface area contributed by atoms with E-state index in [2.05, 4.69) is 38.2 Å². The maximum atomic E-state index is 5.25. The Morgan fingerprint density at radius 2 is 2.08 bits per heavy atom. The number of hydrogen-bond acceptors (Lipinski definition) is 1. The van der Waals surface area contributed by atoms with Crippen molar-refractivity contribution in [2.24, 2.45) is 5.41 Å². The molecule has 0 radical (unpaired) electrons. The largest absolute Gasteiger partial charge is 0.501 e. The number of hydrogen-bond donors (Lipinski definition) is 0. The molecule has 0 unspecified atom stereocenters. The zero-order valence-electron chi connectivity index (χ0n) is 8.92. The minimum absolute atomic E-state index is 0.201. The molecule has 1 aliphatic rings. The van der Waals surface area contributed by atoms with Crippen LogP contribution in [0.4, 0.5) is 0 Å². The van der Waals surface area contributed by atoms with Gasteiger partial charge < -0.3 is 4.74 Å². The Hall–Kier alpha value is -0.980. The first-order chi connectivity index (χ1) is 6.10. The molecule has 0 spiro atoms. The topological polar surface area (TPSA) is 9.23 Å². The summed E-state index contributed by atoms with van der Waals surface area (Å²) in [6.45, 7) is 6.53. The fraction of sp³-hybridized carbons (Fsp3) is 0.500. The number of rotatable bonds is 2. The maximum Gasteiger partial charge on any atom is 0.0964 e. The molecular weight excluding hydrogens is 160 g/mol. The van der Waals surface area contributed by atoms with E-state index < -0.39 is 0 Å². The third-order valence-electron chi connectivity index (χ3n) is 2.45. The first-order valence-electron chi connectivity index (χ1n) is 4.68. The second kappa shape index (κ2) is 3.82. The number of methoxy groups -OCH3 is 1. The first kappa shape index (κ1) is 10.1. The average molecular weight is 178 g/mol.